The van der Waals surface area contributed by atoms with Gasteiger partial charge in [0.25, 0.3) is 5.69 Å². The minimum Gasteiger partial charge on any atom is -0.462 e. The van der Waals surface area contributed by atoms with Crippen LogP contribution in [0, 0.1) is 16.0 Å². The molecular formula is C26H25ClN2O5. The second-order valence-electron chi connectivity index (χ2n) is 8.98. The lowest BCUT2D eigenvalue weighted by atomic mass is 9.69. The summed E-state index contributed by atoms with van der Waals surface area (Å²) >= 11 is 6.02. The van der Waals surface area contributed by atoms with Crippen LogP contribution in [-0.4, -0.2) is 28.5 Å². The van der Waals surface area contributed by atoms with Crippen LogP contribution in [0.15, 0.2) is 64.8 Å². The van der Waals surface area contributed by atoms with Crippen LogP contribution in [0.25, 0.3) is 0 Å². The smallest absolute Gasteiger partial charge is 0.315 e. The van der Waals surface area contributed by atoms with Gasteiger partial charge in [-0.2, -0.15) is 0 Å². The maximum atomic E-state index is 13.5. The Morgan fingerprint density at radius 3 is 2.29 bits per heavy atom. The van der Waals surface area contributed by atoms with E-state index in [9.17, 15) is 19.7 Å². The van der Waals surface area contributed by atoms with E-state index in [0.717, 1.165) is 5.56 Å². The van der Waals surface area contributed by atoms with Crippen molar-refractivity contribution in [2.24, 2.45) is 10.9 Å². The average Bonchev–Trinajstić information content (AvgIpc) is 2.78. The number of carbonyl (C=O) groups is 2. The predicted molar refractivity (Wildman–Crippen MR) is 129 cm³/mol. The number of benzene rings is 2. The molecule has 3 atom stereocenters. The Morgan fingerprint density at radius 2 is 1.71 bits per heavy atom. The summed E-state index contributed by atoms with van der Waals surface area (Å²) in [4.78, 5) is 42.0. The molecule has 8 heteroatoms. The third-order valence-electron chi connectivity index (χ3n) is 6.30. The lowest BCUT2D eigenvalue weighted by Crippen LogP contribution is -2.38. The van der Waals surface area contributed by atoms with Crippen LogP contribution < -0.4 is 0 Å². The molecule has 0 fully saturated rings. The third kappa shape index (κ3) is 4.66. The number of nitro groups is 1. The second-order valence-corrected chi connectivity index (χ2v) is 9.42. The van der Waals surface area contributed by atoms with Gasteiger partial charge in [-0.3, -0.25) is 24.7 Å². The summed E-state index contributed by atoms with van der Waals surface area (Å²) in [6.45, 7) is 5.30. The Kier molecular flexibility index (Phi) is 6.66. The summed E-state index contributed by atoms with van der Waals surface area (Å²) < 4.78 is 5.52. The van der Waals surface area contributed by atoms with Crippen LogP contribution in [0.2, 0.25) is 5.02 Å². The van der Waals surface area contributed by atoms with Gasteiger partial charge in [0.05, 0.1) is 11.0 Å². The molecule has 2 aromatic carbocycles. The minimum atomic E-state index is -0.779. The zero-order valence-electron chi connectivity index (χ0n) is 19.2. The molecule has 176 valence electrons. The number of ether oxygens (including phenoxy) is 1. The molecule has 0 spiro atoms. The molecule has 0 N–H and O–H groups in total. The normalized spacial score (nSPS) is 22.3. The molecule has 1 aliphatic heterocycles. The van der Waals surface area contributed by atoms with Crippen molar-refractivity contribution in [1.29, 1.82) is 0 Å². The number of hydrogen-bond donors (Lipinski definition) is 0. The molecule has 34 heavy (non-hydrogen) atoms. The first-order valence-corrected chi connectivity index (χ1v) is 11.5. The van der Waals surface area contributed by atoms with Gasteiger partial charge in [0, 0.05) is 46.5 Å². The van der Waals surface area contributed by atoms with Crippen molar-refractivity contribution in [2.45, 2.75) is 51.6 Å². The van der Waals surface area contributed by atoms with Crippen LogP contribution in [0.3, 0.4) is 0 Å². The molecule has 7 nitrogen and oxygen atoms in total. The van der Waals surface area contributed by atoms with Crippen LogP contribution in [0.5, 0.6) is 0 Å². The number of nitro benzene ring substituents is 1. The van der Waals surface area contributed by atoms with E-state index in [1.165, 1.54) is 12.1 Å². The minimum absolute atomic E-state index is 0.0447. The van der Waals surface area contributed by atoms with Gasteiger partial charge >= 0.3 is 5.97 Å². The molecule has 0 bridgehead atoms. The summed E-state index contributed by atoms with van der Waals surface area (Å²) in [6, 6.07) is 13.5. The van der Waals surface area contributed by atoms with E-state index in [0.29, 0.717) is 34.0 Å². The molecule has 1 aliphatic carbocycles. The summed E-state index contributed by atoms with van der Waals surface area (Å²) in [6.07, 6.45) is 0.504. The third-order valence-corrected chi connectivity index (χ3v) is 6.55. The van der Waals surface area contributed by atoms with Crippen molar-refractivity contribution in [3.05, 3.63) is 86.1 Å². The number of non-ortho nitro benzene ring substituents is 1. The van der Waals surface area contributed by atoms with Crippen LogP contribution >= 0.6 is 11.6 Å². The van der Waals surface area contributed by atoms with Crippen LogP contribution in [0.4, 0.5) is 5.69 Å². The van der Waals surface area contributed by atoms with Crippen molar-refractivity contribution in [1.82, 2.24) is 0 Å². The Morgan fingerprint density at radius 1 is 1.09 bits per heavy atom. The second kappa shape index (κ2) is 9.50. The number of esters is 1. The number of allylic oxidation sites excluding steroid dienone is 2. The van der Waals surface area contributed by atoms with Gasteiger partial charge in [0.1, 0.15) is 5.92 Å². The SMILES string of the molecule is CC1=NC2=C(C(=O)C[C@H](c3ccc(Cl)cc3)C2)[C@H](c2ccc([N+](=O)[O-])cc2)C1C(=O)OC(C)C. The molecule has 0 radical (unpaired) electrons. The zero-order chi connectivity index (χ0) is 24.6. The Bertz CT molecular complexity index is 1200. The predicted octanol–water partition coefficient (Wildman–Crippen LogP) is 5.77. The number of rotatable bonds is 5. The first-order chi connectivity index (χ1) is 16.2. The fourth-order valence-electron chi connectivity index (χ4n) is 4.80. The maximum absolute atomic E-state index is 13.5. The lowest BCUT2D eigenvalue weighted by molar-refractivity contribution is -0.384. The van der Waals surface area contributed by atoms with Crippen molar-refractivity contribution in [3.8, 4) is 0 Å². The number of ketones is 1. The monoisotopic (exact) mass is 480 g/mol. The molecule has 2 aliphatic rings. The van der Waals surface area contributed by atoms with E-state index in [1.807, 2.05) is 12.1 Å². The number of hydrogen-bond acceptors (Lipinski definition) is 6. The number of nitrogens with zero attached hydrogens (tertiary/aromatic N) is 2. The Hall–Kier alpha value is -3.32. The fraction of sp³-hybridized carbons (Fsp3) is 0.346. The Labute approximate surface area is 202 Å². The standard InChI is InChI=1S/C26H25ClN2O5/c1-14(2)34-26(31)23-15(3)28-21-12-18(16-4-8-19(27)9-5-16)13-22(30)25(21)24(23)17-6-10-20(11-7-17)29(32)33/h4-11,14,18,23-24H,12-13H2,1-3H3/t18-,23?,24-/m1/s1. The van der Waals surface area contributed by atoms with E-state index < -0.39 is 22.7 Å². The highest BCUT2D eigenvalue weighted by Crippen LogP contribution is 2.47. The van der Waals surface area contributed by atoms with Crippen molar-refractivity contribution in [3.63, 3.8) is 0 Å². The first kappa shape index (κ1) is 23.8. The molecule has 4 rings (SSSR count). The fourth-order valence-corrected chi connectivity index (χ4v) is 4.93. The average molecular weight is 481 g/mol. The van der Waals surface area contributed by atoms with E-state index in [-0.39, 0.29) is 29.9 Å². The highest BCUT2D eigenvalue weighted by atomic mass is 35.5. The van der Waals surface area contributed by atoms with Crippen LogP contribution in [0.1, 0.15) is 56.6 Å². The highest BCUT2D eigenvalue weighted by Gasteiger charge is 2.45. The van der Waals surface area contributed by atoms with E-state index in [4.69, 9.17) is 21.3 Å². The topological polar surface area (TPSA) is 98.9 Å². The molecular weight excluding hydrogens is 456 g/mol. The van der Waals surface area contributed by atoms with Crippen LogP contribution in [-0.2, 0) is 14.3 Å². The summed E-state index contributed by atoms with van der Waals surface area (Å²) in [5, 5.41) is 11.8. The molecule has 0 saturated carbocycles. The first-order valence-electron chi connectivity index (χ1n) is 11.2. The lowest BCUT2D eigenvalue weighted by Gasteiger charge is -2.36. The van der Waals surface area contributed by atoms with Gasteiger partial charge in [0.2, 0.25) is 0 Å². The van der Waals surface area contributed by atoms with Gasteiger partial charge in [0.15, 0.2) is 5.78 Å². The van der Waals surface area contributed by atoms with E-state index in [2.05, 4.69) is 0 Å². The van der Waals surface area contributed by atoms with Gasteiger partial charge in [-0.25, -0.2) is 0 Å². The Balaban J connectivity index is 1.79. The number of halogens is 1. The van der Waals surface area contributed by atoms with Gasteiger partial charge < -0.3 is 4.74 Å². The largest absolute Gasteiger partial charge is 0.462 e. The van der Waals surface area contributed by atoms with Gasteiger partial charge in [-0.05, 0) is 56.4 Å². The van der Waals surface area contributed by atoms with E-state index >= 15 is 0 Å². The van der Waals surface area contributed by atoms with Gasteiger partial charge in [-0.1, -0.05) is 35.9 Å². The number of aliphatic imine (C=N–C) groups is 1. The van der Waals surface area contributed by atoms with Gasteiger partial charge in [-0.15, -0.1) is 0 Å². The molecule has 0 aromatic heterocycles. The van der Waals surface area contributed by atoms with E-state index in [1.54, 1.807) is 45.0 Å². The summed E-state index contributed by atoms with van der Waals surface area (Å²) in [7, 11) is 0. The number of Topliss-reactive ketones (excluding diaryl/α,β-unsaturated/α-hetero) is 1. The quantitative estimate of drug-likeness (QED) is 0.307. The number of carbonyl (C=O) groups excluding carboxylic acids is 2. The van der Waals surface area contributed by atoms with Crippen molar-refractivity contribution < 1.29 is 19.2 Å². The molecule has 1 unspecified atom stereocenters. The van der Waals surface area contributed by atoms with Crippen molar-refractivity contribution >= 4 is 34.8 Å². The highest BCUT2D eigenvalue weighted by molar-refractivity contribution is 6.30. The summed E-state index contributed by atoms with van der Waals surface area (Å²) in [5.74, 6) is -1.98. The summed E-state index contributed by atoms with van der Waals surface area (Å²) in [5.41, 5.74) is 3.32. The van der Waals surface area contributed by atoms with Crippen molar-refractivity contribution in [2.75, 3.05) is 0 Å². The molecule has 1 heterocycles. The molecule has 2 aromatic rings. The zero-order valence-corrected chi connectivity index (χ0v) is 19.9. The molecule has 0 saturated heterocycles. The maximum Gasteiger partial charge on any atom is 0.315 e. The molecule has 0 amide bonds.